The second kappa shape index (κ2) is 6.70. The first kappa shape index (κ1) is 17.5. The number of rotatable bonds is 6. The highest BCUT2D eigenvalue weighted by atomic mass is 32.2. The summed E-state index contributed by atoms with van der Waals surface area (Å²) in [5.41, 5.74) is 0.119. The van der Waals surface area contributed by atoms with E-state index in [-0.39, 0.29) is 16.5 Å². The van der Waals surface area contributed by atoms with E-state index >= 15 is 0 Å². The molecule has 2 amide bonds. The van der Waals surface area contributed by atoms with E-state index in [0.717, 1.165) is 12.8 Å². The number of carbonyl (C=O) groups excluding carboxylic acids is 2. The minimum Gasteiger partial charge on any atom is -0.352 e. The molecule has 0 spiro atoms. The van der Waals surface area contributed by atoms with Crippen molar-refractivity contribution >= 4 is 21.8 Å². The largest absolute Gasteiger partial charge is 0.352 e. The zero-order valence-electron chi connectivity index (χ0n) is 13.6. The van der Waals surface area contributed by atoms with Crippen LogP contribution in [0.15, 0.2) is 29.2 Å². The molecule has 1 N–H and O–H groups in total. The number of sulfonamides is 1. The summed E-state index contributed by atoms with van der Waals surface area (Å²) in [7, 11) is -3.93. The van der Waals surface area contributed by atoms with Gasteiger partial charge in [-0.05, 0) is 37.8 Å². The van der Waals surface area contributed by atoms with Gasteiger partial charge in [-0.3, -0.25) is 9.59 Å². The maximum Gasteiger partial charge on any atom is 0.269 e. The van der Waals surface area contributed by atoms with Crippen molar-refractivity contribution in [3.63, 3.8) is 0 Å². The number of fused-ring (bicyclic) bond motifs is 1. The van der Waals surface area contributed by atoms with Gasteiger partial charge in [0, 0.05) is 6.04 Å². The highest BCUT2D eigenvalue weighted by molar-refractivity contribution is 7.90. The molecule has 0 saturated carbocycles. The maximum atomic E-state index is 12.4. The fraction of sp³-hybridized carbons (Fsp3) is 0.500. The van der Waals surface area contributed by atoms with Gasteiger partial charge < -0.3 is 5.32 Å². The highest BCUT2D eigenvalue weighted by Crippen LogP contribution is 2.29. The van der Waals surface area contributed by atoms with Crippen LogP contribution in [-0.4, -0.2) is 37.1 Å². The number of hydrogen-bond donors (Lipinski definition) is 1. The zero-order valence-corrected chi connectivity index (χ0v) is 14.4. The van der Waals surface area contributed by atoms with Gasteiger partial charge in [-0.1, -0.05) is 26.0 Å². The smallest absolute Gasteiger partial charge is 0.269 e. The Morgan fingerprint density at radius 3 is 2.43 bits per heavy atom. The Hall–Kier alpha value is -1.89. The van der Waals surface area contributed by atoms with Gasteiger partial charge in [0.25, 0.3) is 15.9 Å². The third kappa shape index (κ3) is 3.72. The third-order valence-corrected chi connectivity index (χ3v) is 5.57. The predicted molar refractivity (Wildman–Crippen MR) is 86.3 cm³/mol. The van der Waals surface area contributed by atoms with E-state index in [4.69, 9.17) is 0 Å². The van der Waals surface area contributed by atoms with Crippen molar-refractivity contribution in [2.24, 2.45) is 5.92 Å². The van der Waals surface area contributed by atoms with Gasteiger partial charge in [0.2, 0.25) is 5.91 Å². The Morgan fingerprint density at radius 1 is 1.17 bits per heavy atom. The van der Waals surface area contributed by atoms with E-state index in [1.165, 1.54) is 12.1 Å². The average Bonchev–Trinajstić information content (AvgIpc) is 2.67. The van der Waals surface area contributed by atoms with Crippen LogP contribution in [0.5, 0.6) is 0 Å². The van der Waals surface area contributed by atoms with Gasteiger partial charge in [-0.15, -0.1) is 0 Å². The summed E-state index contributed by atoms with van der Waals surface area (Å²) in [6, 6.07) is 5.93. The molecule has 1 aromatic rings. The molecule has 126 valence electrons. The summed E-state index contributed by atoms with van der Waals surface area (Å²) in [5.74, 6) is -0.582. The zero-order chi connectivity index (χ0) is 17.2. The standard InChI is InChI=1S/C16H22N2O4S/c1-11(2)8-9-12(3)17-15(19)10-18-16(20)13-6-4-5-7-14(13)23(18,21)22/h4-7,11-12H,8-10H2,1-3H3,(H,17,19)/t12-/m1/s1. The summed E-state index contributed by atoms with van der Waals surface area (Å²) >= 11 is 0. The van der Waals surface area contributed by atoms with Gasteiger partial charge in [0.1, 0.15) is 11.4 Å². The number of nitrogens with one attached hydrogen (secondary N) is 1. The Bertz CT molecular complexity index is 713. The normalized spacial score (nSPS) is 17.2. The Labute approximate surface area is 136 Å². The second-order valence-electron chi connectivity index (χ2n) is 6.25. The maximum absolute atomic E-state index is 12.4. The second-order valence-corrected chi connectivity index (χ2v) is 8.08. The van der Waals surface area contributed by atoms with Crippen LogP contribution >= 0.6 is 0 Å². The van der Waals surface area contributed by atoms with E-state index in [0.29, 0.717) is 10.2 Å². The van der Waals surface area contributed by atoms with Crippen LogP contribution in [0, 0.1) is 5.92 Å². The molecule has 0 unspecified atom stereocenters. The van der Waals surface area contributed by atoms with Crippen LogP contribution in [0.1, 0.15) is 44.0 Å². The van der Waals surface area contributed by atoms with Gasteiger partial charge in [-0.25, -0.2) is 12.7 Å². The van der Waals surface area contributed by atoms with Crippen molar-refractivity contribution < 1.29 is 18.0 Å². The molecule has 1 aliphatic heterocycles. The summed E-state index contributed by atoms with van der Waals surface area (Å²) in [4.78, 5) is 24.2. The van der Waals surface area contributed by atoms with Crippen LogP contribution in [0.25, 0.3) is 0 Å². The van der Waals surface area contributed by atoms with Crippen LogP contribution in [0.4, 0.5) is 0 Å². The van der Waals surface area contributed by atoms with E-state index in [9.17, 15) is 18.0 Å². The first-order valence-electron chi connectivity index (χ1n) is 7.69. The van der Waals surface area contributed by atoms with Crippen molar-refractivity contribution in [2.45, 2.75) is 44.6 Å². The molecule has 0 bridgehead atoms. The van der Waals surface area contributed by atoms with Crippen LogP contribution in [0.3, 0.4) is 0 Å². The van der Waals surface area contributed by atoms with Gasteiger partial charge in [0.15, 0.2) is 0 Å². The monoisotopic (exact) mass is 338 g/mol. The Balaban J connectivity index is 2.04. The van der Waals surface area contributed by atoms with Crippen molar-refractivity contribution in [1.82, 2.24) is 9.62 Å². The Kier molecular flexibility index (Phi) is 5.09. The quantitative estimate of drug-likeness (QED) is 0.857. The molecule has 0 aromatic heterocycles. The van der Waals surface area contributed by atoms with E-state index in [1.54, 1.807) is 12.1 Å². The van der Waals surface area contributed by atoms with E-state index in [2.05, 4.69) is 19.2 Å². The molecule has 1 heterocycles. The number of carbonyl (C=O) groups is 2. The molecule has 23 heavy (non-hydrogen) atoms. The molecule has 7 heteroatoms. The fourth-order valence-electron chi connectivity index (χ4n) is 2.49. The molecule has 0 aliphatic carbocycles. The number of amides is 2. The first-order valence-corrected chi connectivity index (χ1v) is 9.13. The summed E-state index contributed by atoms with van der Waals surface area (Å²) in [5, 5.41) is 2.75. The predicted octanol–water partition coefficient (Wildman–Crippen LogP) is 1.77. The number of nitrogens with zero attached hydrogens (tertiary/aromatic N) is 1. The lowest BCUT2D eigenvalue weighted by Gasteiger charge is -2.18. The topological polar surface area (TPSA) is 83.6 Å². The van der Waals surface area contributed by atoms with Gasteiger partial charge in [-0.2, -0.15) is 0 Å². The molecule has 1 aromatic carbocycles. The van der Waals surface area contributed by atoms with Crippen molar-refractivity contribution in [3.8, 4) is 0 Å². The molecule has 0 saturated heterocycles. The minimum atomic E-state index is -3.93. The molecule has 0 radical (unpaired) electrons. The average molecular weight is 338 g/mol. The van der Waals surface area contributed by atoms with Crippen LogP contribution in [0.2, 0.25) is 0 Å². The lowest BCUT2D eigenvalue weighted by atomic mass is 10.0. The Morgan fingerprint density at radius 2 is 1.83 bits per heavy atom. The van der Waals surface area contributed by atoms with Crippen molar-refractivity contribution in [3.05, 3.63) is 29.8 Å². The summed E-state index contributed by atoms with van der Waals surface area (Å²) in [6.45, 7) is 5.58. The number of hydrogen-bond acceptors (Lipinski definition) is 4. The van der Waals surface area contributed by atoms with Crippen LogP contribution < -0.4 is 5.32 Å². The molecule has 2 rings (SSSR count). The summed E-state index contributed by atoms with van der Waals surface area (Å²) in [6.07, 6.45) is 1.78. The molecule has 0 fully saturated rings. The van der Waals surface area contributed by atoms with E-state index < -0.39 is 28.4 Å². The van der Waals surface area contributed by atoms with Crippen molar-refractivity contribution in [2.75, 3.05) is 6.54 Å². The fourth-order valence-corrected chi connectivity index (χ4v) is 4.02. The third-order valence-electron chi connectivity index (χ3n) is 3.78. The first-order chi connectivity index (χ1) is 10.7. The number of benzene rings is 1. The molecule has 6 nitrogen and oxygen atoms in total. The summed E-state index contributed by atoms with van der Waals surface area (Å²) < 4.78 is 25.4. The lowest BCUT2D eigenvalue weighted by Crippen LogP contribution is -2.43. The van der Waals surface area contributed by atoms with Gasteiger partial charge in [0.05, 0.1) is 5.56 Å². The molecule has 1 atom stereocenters. The highest BCUT2D eigenvalue weighted by Gasteiger charge is 2.41. The molecular weight excluding hydrogens is 316 g/mol. The van der Waals surface area contributed by atoms with E-state index in [1.807, 2.05) is 6.92 Å². The van der Waals surface area contributed by atoms with Gasteiger partial charge >= 0.3 is 0 Å². The van der Waals surface area contributed by atoms with Crippen molar-refractivity contribution in [1.29, 1.82) is 0 Å². The SMILES string of the molecule is CC(C)CC[C@@H](C)NC(=O)CN1C(=O)c2ccccc2S1(=O)=O. The van der Waals surface area contributed by atoms with Crippen LogP contribution in [-0.2, 0) is 14.8 Å². The minimum absolute atomic E-state index is 0.0364. The molecule has 1 aliphatic rings. The molecular formula is C16H22N2O4S. The lowest BCUT2D eigenvalue weighted by molar-refractivity contribution is -0.121.